The van der Waals surface area contributed by atoms with Gasteiger partial charge < -0.3 is 18.1 Å². The number of carbonyl (C=O) groups is 1. The van der Waals surface area contributed by atoms with Gasteiger partial charge in [0.05, 0.1) is 4.88 Å². The third-order valence-electron chi connectivity index (χ3n) is 6.46. The molecule has 0 spiro atoms. The van der Waals surface area contributed by atoms with Gasteiger partial charge in [-0.3, -0.25) is 4.79 Å². The van der Waals surface area contributed by atoms with Crippen molar-refractivity contribution in [3.05, 3.63) is 50.4 Å². The monoisotopic (exact) mass is 482 g/mol. The number of carbonyl (C=O) groups excluding carboxylic acids is 1. The van der Waals surface area contributed by atoms with Gasteiger partial charge >= 0.3 is 5.97 Å². The van der Waals surface area contributed by atoms with E-state index in [0.29, 0.717) is 11.8 Å². The Balaban J connectivity index is 1.31. The minimum Gasteiger partial charge on any atom is -0.452 e. The molecule has 0 fully saturated rings. The molecule has 0 bridgehead atoms. The first kappa shape index (κ1) is 22.5. The van der Waals surface area contributed by atoms with Crippen LogP contribution >= 0.6 is 11.3 Å². The highest BCUT2D eigenvalue weighted by Gasteiger charge is 2.30. The highest BCUT2D eigenvalue weighted by Crippen LogP contribution is 2.42. The summed E-state index contributed by atoms with van der Waals surface area (Å²) in [6.07, 6.45) is 4.64. The van der Waals surface area contributed by atoms with Crippen LogP contribution in [0.4, 0.5) is 0 Å². The molecule has 4 aromatic rings. The molecular weight excluding hydrogens is 456 g/mol. The van der Waals surface area contributed by atoms with Gasteiger partial charge in [-0.05, 0) is 49.1 Å². The lowest BCUT2D eigenvalue weighted by Crippen LogP contribution is -2.26. The molecule has 5 rings (SSSR count). The van der Waals surface area contributed by atoms with Crippen molar-refractivity contribution in [1.82, 2.24) is 19.7 Å². The van der Waals surface area contributed by atoms with Gasteiger partial charge in [0.25, 0.3) is 17.3 Å². The summed E-state index contributed by atoms with van der Waals surface area (Å²) >= 11 is 1.68. The molecule has 178 valence electrons. The molecular formula is C24H26N4O5S. The zero-order valence-electron chi connectivity index (χ0n) is 19.8. The third-order valence-corrected chi connectivity index (χ3v) is 7.69. The molecule has 1 atom stereocenters. The number of furan rings is 1. The minimum atomic E-state index is -0.707. The summed E-state index contributed by atoms with van der Waals surface area (Å²) in [7, 11) is 1.55. The van der Waals surface area contributed by atoms with Crippen molar-refractivity contribution >= 4 is 28.4 Å². The van der Waals surface area contributed by atoms with Gasteiger partial charge in [-0.15, -0.1) is 21.5 Å². The SMILES string of the molecule is Cc1oc2ncn(C)c(=O)c2c1C(=O)OCc1nnc(-c2cc3c(s2)CC[C@@H](C(C)(C)C)C3)o1. The van der Waals surface area contributed by atoms with Crippen LogP contribution in [-0.2, 0) is 31.2 Å². The first-order valence-electron chi connectivity index (χ1n) is 11.2. The van der Waals surface area contributed by atoms with Gasteiger partial charge in [-0.1, -0.05) is 20.8 Å². The van der Waals surface area contributed by atoms with E-state index in [1.165, 1.54) is 27.8 Å². The highest BCUT2D eigenvalue weighted by atomic mass is 32.1. The van der Waals surface area contributed by atoms with E-state index < -0.39 is 5.97 Å². The fraction of sp³-hybridized carbons (Fsp3) is 0.458. The Morgan fingerprint density at radius 1 is 1.29 bits per heavy atom. The van der Waals surface area contributed by atoms with Crippen LogP contribution in [-0.4, -0.2) is 25.7 Å². The lowest BCUT2D eigenvalue weighted by molar-refractivity contribution is 0.0438. The van der Waals surface area contributed by atoms with E-state index in [9.17, 15) is 9.59 Å². The summed E-state index contributed by atoms with van der Waals surface area (Å²) < 4.78 is 17.9. The number of rotatable bonds is 4. The van der Waals surface area contributed by atoms with E-state index in [0.717, 1.165) is 17.7 Å². The van der Waals surface area contributed by atoms with Crippen LogP contribution < -0.4 is 5.56 Å². The zero-order valence-corrected chi connectivity index (χ0v) is 20.6. The largest absolute Gasteiger partial charge is 0.452 e. The second kappa shape index (κ2) is 8.19. The number of hydrogen-bond acceptors (Lipinski definition) is 9. The normalized spacial score (nSPS) is 16.1. The van der Waals surface area contributed by atoms with Gasteiger partial charge in [0.2, 0.25) is 5.71 Å². The lowest BCUT2D eigenvalue weighted by atomic mass is 9.72. The Kier molecular flexibility index (Phi) is 5.43. The number of esters is 1. The van der Waals surface area contributed by atoms with E-state index in [4.69, 9.17) is 13.6 Å². The molecule has 9 nitrogen and oxygen atoms in total. The standard InChI is InChI=1S/C24H26N4O5S/c1-12-18(19-21(32-12)25-11-28(5)22(19)29)23(30)31-10-17-26-27-20(33-17)16-9-13-8-14(24(2,3)4)6-7-15(13)34-16/h9,11,14H,6-8,10H2,1-5H3/t14-/m1/s1. The first-order chi connectivity index (χ1) is 16.1. The van der Waals surface area contributed by atoms with Gasteiger partial charge in [-0.2, -0.15) is 0 Å². The van der Waals surface area contributed by atoms with Crippen molar-refractivity contribution in [3.8, 4) is 10.8 Å². The molecule has 0 unspecified atom stereocenters. The van der Waals surface area contributed by atoms with Crippen LogP contribution in [0.25, 0.3) is 21.9 Å². The smallest absolute Gasteiger partial charge is 0.343 e. The summed E-state index contributed by atoms with van der Waals surface area (Å²) in [5.41, 5.74) is 1.41. The number of fused-ring (bicyclic) bond motifs is 2. The number of nitrogens with zero attached hydrogens (tertiary/aromatic N) is 4. The number of thiophene rings is 1. The Morgan fingerprint density at radius 3 is 2.85 bits per heavy atom. The van der Waals surface area contributed by atoms with E-state index in [1.807, 2.05) is 0 Å². The van der Waals surface area contributed by atoms with Crippen LogP contribution in [0.2, 0.25) is 0 Å². The van der Waals surface area contributed by atoms with Crippen molar-refractivity contribution in [1.29, 1.82) is 0 Å². The van der Waals surface area contributed by atoms with E-state index >= 15 is 0 Å². The molecule has 1 aliphatic carbocycles. The predicted octanol–water partition coefficient (Wildman–Crippen LogP) is 4.45. The van der Waals surface area contributed by atoms with E-state index in [-0.39, 0.29) is 45.9 Å². The maximum atomic E-state index is 12.8. The van der Waals surface area contributed by atoms with Crippen LogP contribution in [0, 0.1) is 18.3 Å². The summed E-state index contributed by atoms with van der Waals surface area (Å²) in [6.45, 7) is 8.26. The van der Waals surface area contributed by atoms with Crippen molar-refractivity contribution in [2.24, 2.45) is 18.4 Å². The molecule has 0 saturated heterocycles. The van der Waals surface area contributed by atoms with Crippen LogP contribution in [0.15, 0.2) is 26.0 Å². The second-order valence-electron chi connectivity index (χ2n) is 9.82. The molecule has 0 saturated carbocycles. The Hall–Kier alpha value is -3.27. The molecule has 34 heavy (non-hydrogen) atoms. The van der Waals surface area contributed by atoms with Crippen molar-refractivity contribution in [3.63, 3.8) is 0 Å². The number of aromatic nitrogens is 4. The van der Waals surface area contributed by atoms with Gasteiger partial charge in [0.1, 0.15) is 23.0 Å². The Labute approximate surface area is 199 Å². The maximum absolute atomic E-state index is 12.8. The molecule has 4 heterocycles. The topological polar surface area (TPSA) is 113 Å². The number of aryl methyl sites for hydroxylation is 3. The van der Waals surface area contributed by atoms with Crippen molar-refractivity contribution in [2.45, 2.75) is 53.6 Å². The molecule has 0 amide bonds. The Morgan fingerprint density at radius 2 is 2.09 bits per heavy atom. The van der Waals surface area contributed by atoms with Crippen LogP contribution in [0.3, 0.4) is 0 Å². The molecule has 4 aromatic heterocycles. The molecule has 1 aliphatic rings. The molecule has 0 aliphatic heterocycles. The fourth-order valence-electron chi connectivity index (χ4n) is 4.41. The van der Waals surface area contributed by atoms with E-state index in [1.54, 1.807) is 25.3 Å². The van der Waals surface area contributed by atoms with Gasteiger partial charge in [0.15, 0.2) is 6.61 Å². The van der Waals surface area contributed by atoms with Crippen molar-refractivity contribution < 1.29 is 18.4 Å². The van der Waals surface area contributed by atoms with Gasteiger partial charge in [0, 0.05) is 11.9 Å². The second-order valence-corrected chi connectivity index (χ2v) is 11.0. The fourth-order valence-corrected chi connectivity index (χ4v) is 5.54. The summed E-state index contributed by atoms with van der Waals surface area (Å²) in [5.74, 6) is 0.801. The zero-order chi connectivity index (χ0) is 24.2. The number of hydrogen-bond donors (Lipinski definition) is 0. The minimum absolute atomic E-state index is 0.0581. The molecule has 0 aromatic carbocycles. The van der Waals surface area contributed by atoms with Gasteiger partial charge in [-0.25, -0.2) is 9.78 Å². The average Bonchev–Trinajstić information content (AvgIpc) is 3.49. The van der Waals surface area contributed by atoms with Crippen LogP contribution in [0.5, 0.6) is 0 Å². The third kappa shape index (κ3) is 3.96. The summed E-state index contributed by atoms with van der Waals surface area (Å²) in [4.78, 5) is 31.6. The quantitative estimate of drug-likeness (QED) is 0.392. The first-order valence-corrected chi connectivity index (χ1v) is 12.0. The predicted molar refractivity (Wildman–Crippen MR) is 126 cm³/mol. The molecule has 10 heteroatoms. The van der Waals surface area contributed by atoms with Crippen molar-refractivity contribution in [2.75, 3.05) is 0 Å². The average molecular weight is 483 g/mol. The summed E-state index contributed by atoms with van der Waals surface area (Å²) in [6, 6.07) is 2.14. The van der Waals surface area contributed by atoms with E-state index in [2.05, 4.69) is 42.0 Å². The lowest BCUT2D eigenvalue weighted by Gasteiger charge is -2.33. The molecule has 0 N–H and O–H groups in total. The highest BCUT2D eigenvalue weighted by molar-refractivity contribution is 7.15. The maximum Gasteiger partial charge on any atom is 0.343 e. The summed E-state index contributed by atoms with van der Waals surface area (Å²) in [5, 5.41) is 8.28. The molecule has 0 radical (unpaired) electrons. The van der Waals surface area contributed by atoms with Crippen LogP contribution in [0.1, 0.15) is 59.6 Å². The Bertz CT molecular complexity index is 1450. The number of ether oxygens (including phenoxy) is 1.